The Bertz CT molecular complexity index is 1550. The Morgan fingerprint density at radius 2 is 1.48 bits per heavy atom. The highest BCUT2D eigenvalue weighted by atomic mass is 16.4. The number of aliphatic carboxylic acids is 1. The van der Waals surface area contributed by atoms with Crippen molar-refractivity contribution in [3.05, 3.63) is 77.4 Å². The minimum absolute atomic E-state index is 0.0141. The van der Waals surface area contributed by atoms with E-state index in [2.05, 4.69) is 22.5 Å². The van der Waals surface area contributed by atoms with Gasteiger partial charge in [0, 0.05) is 55.6 Å². The van der Waals surface area contributed by atoms with E-state index in [1.165, 1.54) is 12.2 Å². The number of carboxylic acids is 1. The normalized spacial score (nSPS) is 13.9. The van der Waals surface area contributed by atoms with E-state index in [4.69, 9.17) is 0 Å². The third-order valence-corrected chi connectivity index (χ3v) is 7.80. The molecule has 3 N–H and O–H groups in total. The Hall–Kier alpha value is -5.24. The quantitative estimate of drug-likeness (QED) is 0.147. The zero-order chi connectivity index (χ0) is 32.9. The zero-order valence-corrected chi connectivity index (χ0v) is 25.6. The number of fused-ring (bicyclic) bond motifs is 2. The van der Waals surface area contributed by atoms with E-state index in [1.54, 1.807) is 4.90 Å². The van der Waals surface area contributed by atoms with E-state index in [0.29, 0.717) is 50.9 Å². The highest BCUT2D eigenvalue weighted by Gasteiger charge is 2.24. The molecule has 1 atom stereocenters. The maximum Gasteiger partial charge on any atom is 0.326 e. The van der Waals surface area contributed by atoms with Crippen LogP contribution in [-0.4, -0.2) is 64.6 Å². The van der Waals surface area contributed by atoms with Crippen LogP contribution >= 0.6 is 0 Å². The molecule has 2 aromatic rings. The first-order chi connectivity index (χ1) is 22.2. The number of carbonyl (C=O) groups is 6. The van der Waals surface area contributed by atoms with Crippen molar-refractivity contribution in [2.24, 2.45) is 0 Å². The van der Waals surface area contributed by atoms with Crippen LogP contribution in [0.5, 0.6) is 0 Å². The lowest BCUT2D eigenvalue weighted by molar-refractivity contribution is -0.142. The molecule has 0 aliphatic carbocycles. The lowest BCUT2D eigenvalue weighted by atomic mass is 10.0. The van der Waals surface area contributed by atoms with Crippen LogP contribution in [0.1, 0.15) is 74.5 Å². The maximum atomic E-state index is 13.3. The summed E-state index contributed by atoms with van der Waals surface area (Å²) in [6.45, 7) is 0.958. The first-order valence-corrected chi connectivity index (χ1v) is 15.5. The molecule has 0 unspecified atom stereocenters. The largest absolute Gasteiger partial charge is 0.480 e. The third-order valence-electron chi connectivity index (χ3n) is 7.80. The molecule has 0 saturated heterocycles. The molecule has 2 aromatic carbocycles. The van der Waals surface area contributed by atoms with Gasteiger partial charge >= 0.3 is 5.97 Å². The molecular formula is C35H38N4O7. The molecule has 0 saturated carbocycles. The van der Waals surface area contributed by atoms with Gasteiger partial charge in [-0.05, 0) is 55.9 Å². The number of unbranched alkanes of at least 4 members (excludes halogenated alkanes) is 3. The summed E-state index contributed by atoms with van der Waals surface area (Å²) in [6, 6.07) is 14.1. The van der Waals surface area contributed by atoms with Crippen molar-refractivity contribution < 1.29 is 33.9 Å². The topological polar surface area (TPSA) is 153 Å². The highest BCUT2D eigenvalue weighted by Crippen LogP contribution is 2.26. The van der Waals surface area contributed by atoms with Crippen molar-refractivity contribution in [3.63, 3.8) is 0 Å². The minimum atomic E-state index is -1.13. The first kappa shape index (κ1) is 33.6. The molecule has 11 heteroatoms. The van der Waals surface area contributed by atoms with E-state index in [-0.39, 0.29) is 61.8 Å². The van der Waals surface area contributed by atoms with Crippen molar-refractivity contribution >= 4 is 41.2 Å². The summed E-state index contributed by atoms with van der Waals surface area (Å²) in [6.07, 6.45) is 5.49. The van der Waals surface area contributed by atoms with Crippen molar-refractivity contribution in [1.82, 2.24) is 15.5 Å². The number of carboxylic acid groups (broad SMARTS) is 1. The fraction of sp³-hybridized carbons (Fsp3) is 0.371. The highest BCUT2D eigenvalue weighted by molar-refractivity contribution is 6.12. The van der Waals surface area contributed by atoms with Crippen molar-refractivity contribution in [3.8, 4) is 11.8 Å². The van der Waals surface area contributed by atoms with Gasteiger partial charge in [-0.3, -0.25) is 28.9 Å². The van der Waals surface area contributed by atoms with Gasteiger partial charge in [-0.25, -0.2) is 4.79 Å². The molecule has 2 aliphatic heterocycles. The monoisotopic (exact) mass is 626 g/mol. The maximum absolute atomic E-state index is 13.3. The molecule has 0 aromatic heterocycles. The fourth-order valence-corrected chi connectivity index (χ4v) is 5.26. The second-order valence-electron chi connectivity index (χ2n) is 11.2. The SMILES string of the molecule is O=C(CCC(=O)N1Cc2ccccc2C#Cc2ccccc21)NCCCC[C@@H](NC(=O)CCCCCN1C(=O)C=CC1=O)C(=O)O. The molecular weight excluding hydrogens is 588 g/mol. The zero-order valence-electron chi connectivity index (χ0n) is 25.6. The number of para-hydroxylation sites is 1. The standard InChI is InChI=1S/C35H38N4O7/c40-30(18-19-34(44)39-24-27-12-4-3-10-25(27)16-17-26-11-5-6-14-29(26)39)36-22-8-7-13-28(35(45)46)37-31(41)15-2-1-9-23-38-32(42)20-21-33(38)43/h3-6,10-12,14,20-21,28H,1-2,7-9,13,15,18-19,22-24H2,(H,36,40)(H,37,41)(H,45,46)/t28-/m1/s1. The Morgan fingerprint density at radius 1 is 0.783 bits per heavy atom. The number of anilines is 1. The van der Waals surface area contributed by atoms with Crippen molar-refractivity contribution in [1.29, 1.82) is 0 Å². The molecule has 46 heavy (non-hydrogen) atoms. The fourth-order valence-electron chi connectivity index (χ4n) is 5.26. The molecule has 0 spiro atoms. The van der Waals surface area contributed by atoms with Crippen LogP contribution in [0.4, 0.5) is 5.69 Å². The Morgan fingerprint density at radius 3 is 2.24 bits per heavy atom. The van der Waals surface area contributed by atoms with Crippen molar-refractivity contribution in [2.45, 2.75) is 70.4 Å². The molecule has 0 bridgehead atoms. The van der Waals surface area contributed by atoms with Crippen LogP contribution in [0.25, 0.3) is 0 Å². The van der Waals surface area contributed by atoms with Crippen LogP contribution < -0.4 is 15.5 Å². The predicted molar refractivity (Wildman–Crippen MR) is 170 cm³/mol. The Balaban J connectivity index is 1.12. The average molecular weight is 627 g/mol. The number of hydrogen-bond donors (Lipinski definition) is 3. The van der Waals surface area contributed by atoms with Gasteiger partial charge in [0.2, 0.25) is 17.7 Å². The van der Waals surface area contributed by atoms with E-state index in [9.17, 15) is 33.9 Å². The molecule has 2 aliphatic rings. The molecule has 4 rings (SSSR count). The molecule has 0 radical (unpaired) electrons. The minimum Gasteiger partial charge on any atom is -0.480 e. The van der Waals surface area contributed by atoms with Gasteiger partial charge in [-0.1, -0.05) is 48.6 Å². The van der Waals surface area contributed by atoms with E-state index in [1.807, 2.05) is 48.5 Å². The smallest absolute Gasteiger partial charge is 0.326 e. The second kappa shape index (κ2) is 16.7. The number of rotatable bonds is 16. The number of hydrogen-bond acceptors (Lipinski definition) is 6. The summed E-state index contributed by atoms with van der Waals surface area (Å²) in [5.74, 6) is 3.70. The van der Waals surface area contributed by atoms with Gasteiger partial charge in [0.05, 0.1) is 12.2 Å². The number of benzene rings is 2. The van der Waals surface area contributed by atoms with Gasteiger partial charge in [-0.2, -0.15) is 0 Å². The van der Waals surface area contributed by atoms with Crippen LogP contribution in [0.15, 0.2) is 60.7 Å². The molecule has 2 heterocycles. The second-order valence-corrected chi connectivity index (χ2v) is 11.2. The number of imide groups is 1. The average Bonchev–Trinajstić information content (AvgIpc) is 3.36. The number of amides is 5. The molecule has 11 nitrogen and oxygen atoms in total. The Kier molecular flexibility index (Phi) is 12.2. The van der Waals surface area contributed by atoms with Crippen LogP contribution in [-0.2, 0) is 35.3 Å². The van der Waals surface area contributed by atoms with E-state index < -0.39 is 12.0 Å². The lowest BCUT2D eigenvalue weighted by Crippen LogP contribution is -2.40. The predicted octanol–water partition coefficient (Wildman–Crippen LogP) is 3.05. The lowest BCUT2D eigenvalue weighted by Gasteiger charge is -2.26. The van der Waals surface area contributed by atoms with Gasteiger partial charge in [-0.15, -0.1) is 0 Å². The van der Waals surface area contributed by atoms with E-state index in [0.717, 1.165) is 21.6 Å². The van der Waals surface area contributed by atoms with E-state index >= 15 is 0 Å². The summed E-state index contributed by atoms with van der Waals surface area (Å²) in [5.41, 5.74) is 3.24. The number of carbonyl (C=O) groups excluding carboxylic acids is 5. The summed E-state index contributed by atoms with van der Waals surface area (Å²) in [7, 11) is 0. The number of nitrogens with one attached hydrogen (secondary N) is 2. The summed E-state index contributed by atoms with van der Waals surface area (Å²) in [4.78, 5) is 75.7. The molecule has 240 valence electrons. The van der Waals surface area contributed by atoms with Gasteiger partial charge in [0.1, 0.15) is 6.04 Å². The molecule has 0 fully saturated rings. The van der Waals surface area contributed by atoms with Crippen LogP contribution in [0.3, 0.4) is 0 Å². The van der Waals surface area contributed by atoms with Crippen molar-refractivity contribution in [2.75, 3.05) is 18.0 Å². The summed E-state index contributed by atoms with van der Waals surface area (Å²) in [5, 5.41) is 14.9. The molecule has 5 amide bonds. The summed E-state index contributed by atoms with van der Waals surface area (Å²) >= 11 is 0. The number of nitrogens with zero attached hydrogens (tertiary/aromatic N) is 2. The van der Waals surface area contributed by atoms with Crippen LogP contribution in [0.2, 0.25) is 0 Å². The van der Waals surface area contributed by atoms with Gasteiger partial charge in [0.15, 0.2) is 0 Å². The van der Waals surface area contributed by atoms with Gasteiger partial charge in [0.25, 0.3) is 11.8 Å². The summed E-state index contributed by atoms with van der Waals surface area (Å²) < 4.78 is 0. The third kappa shape index (κ3) is 9.63. The van der Waals surface area contributed by atoms with Crippen LogP contribution in [0, 0.1) is 11.8 Å². The van der Waals surface area contributed by atoms with Gasteiger partial charge < -0.3 is 20.6 Å². The first-order valence-electron chi connectivity index (χ1n) is 15.5. The Labute approximate surface area is 268 Å².